The molecule has 0 unspecified atom stereocenters. The molecule has 0 bridgehead atoms. The Labute approximate surface area is 113 Å². The highest BCUT2D eigenvalue weighted by Gasteiger charge is 2.14. The van der Waals surface area contributed by atoms with Gasteiger partial charge in [-0.05, 0) is 12.8 Å². The van der Waals surface area contributed by atoms with Crippen LogP contribution in [0.25, 0.3) is 0 Å². The lowest BCUT2D eigenvalue weighted by atomic mass is 10.0. The Hall–Kier alpha value is -1.10. The van der Waals surface area contributed by atoms with Crippen molar-refractivity contribution in [2.45, 2.75) is 40.0 Å². The van der Waals surface area contributed by atoms with E-state index in [1.54, 1.807) is 0 Å². The number of carboxylic acid groups (broad SMARTS) is 1. The van der Waals surface area contributed by atoms with Gasteiger partial charge >= 0.3 is 5.97 Å². The molecule has 0 aromatic carbocycles. The van der Waals surface area contributed by atoms with E-state index in [0.717, 1.165) is 18.2 Å². The molecule has 0 aliphatic carbocycles. The molecule has 1 N–H and O–H groups in total. The van der Waals surface area contributed by atoms with Gasteiger partial charge in [-0.3, -0.25) is 4.79 Å². The molecule has 4 nitrogen and oxygen atoms in total. The van der Waals surface area contributed by atoms with Gasteiger partial charge in [-0.15, -0.1) is 11.3 Å². The Balaban J connectivity index is 2.69. The molecule has 0 saturated carbocycles. The summed E-state index contributed by atoms with van der Waals surface area (Å²) in [6, 6.07) is 0. The van der Waals surface area contributed by atoms with Crippen LogP contribution in [0, 0.1) is 5.92 Å². The number of hydrogen-bond acceptors (Lipinski definition) is 4. The number of carbonyl (C=O) groups is 1. The van der Waals surface area contributed by atoms with Crippen molar-refractivity contribution in [2.75, 3.05) is 18.0 Å². The summed E-state index contributed by atoms with van der Waals surface area (Å²) < 4.78 is 0. The number of thiazole rings is 1. The standard InChI is InChI=1S/C13H22N2O2S/c1-4-10(5-2)8-15(6-3)13-14-11(9-18-13)7-12(16)17/h9-10H,4-8H2,1-3H3,(H,16,17). The minimum atomic E-state index is -0.824. The molecule has 0 fully saturated rings. The minimum Gasteiger partial charge on any atom is -0.481 e. The number of aliphatic carboxylic acids is 1. The SMILES string of the molecule is CCC(CC)CN(CC)c1nc(CC(=O)O)cs1. The van der Waals surface area contributed by atoms with Crippen molar-refractivity contribution in [1.29, 1.82) is 0 Å². The summed E-state index contributed by atoms with van der Waals surface area (Å²) in [6.07, 6.45) is 2.35. The number of hydrogen-bond donors (Lipinski definition) is 1. The lowest BCUT2D eigenvalue weighted by Crippen LogP contribution is -2.28. The van der Waals surface area contributed by atoms with Gasteiger partial charge in [0.05, 0.1) is 12.1 Å². The topological polar surface area (TPSA) is 53.4 Å². The number of anilines is 1. The highest BCUT2D eigenvalue weighted by molar-refractivity contribution is 7.13. The summed E-state index contributed by atoms with van der Waals surface area (Å²) in [6.45, 7) is 8.44. The summed E-state index contributed by atoms with van der Waals surface area (Å²) >= 11 is 1.54. The third-order valence-corrected chi connectivity index (χ3v) is 4.11. The Morgan fingerprint density at radius 3 is 2.61 bits per heavy atom. The molecule has 1 aromatic heterocycles. The predicted molar refractivity (Wildman–Crippen MR) is 75.4 cm³/mol. The molecule has 0 aliphatic rings. The van der Waals surface area contributed by atoms with Crippen LogP contribution < -0.4 is 4.90 Å². The first kappa shape index (κ1) is 15.0. The van der Waals surface area contributed by atoms with Crippen LogP contribution in [0.4, 0.5) is 5.13 Å². The summed E-state index contributed by atoms with van der Waals surface area (Å²) in [5.74, 6) is -0.147. The van der Waals surface area contributed by atoms with Crippen LogP contribution in [-0.4, -0.2) is 29.1 Å². The molecule has 1 aromatic rings. The minimum absolute atomic E-state index is 0.0129. The molecule has 0 saturated heterocycles. The maximum Gasteiger partial charge on any atom is 0.309 e. The molecule has 5 heteroatoms. The third kappa shape index (κ3) is 4.29. The van der Waals surface area contributed by atoms with Crippen LogP contribution in [0.2, 0.25) is 0 Å². The van der Waals surface area contributed by atoms with E-state index in [2.05, 4.69) is 30.7 Å². The van der Waals surface area contributed by atoms with E-state index in [1.165, 1.54) is 24.2 Å². The normalized spacial score (nSPS) is 10.9. The molecule has 0 radical (unpaired) electrons. The van der Waals surface area contributed by atoms with Crippen LogP contribution in [0.5, 0.6) is 0 Å². The molecule has 18 heavy (non-hydrogen) atoms. The molecule has 0 atom stereocenters. The van der Waals surface area contributed by atoms with Gasteiger partial charge in [-0.25, -0.2) is 4.98 Å². The zero-order chi connectivity index (χ0) is 13.5. The first-order valence-electron chi connectivity index (χ1n) is 6.51. The molecule has 1 rings (SSSR count). The molecule has 0 spiro atoms. The van der Waals surface area contributed by atoms with E-state index in [4.69, 9.17) is 5.11 Å². The Bertz CT molecular complexity index is 375. The number of nitrogens with zero attached hydrogens (tertiary/aromatic N) is 2. The van der Waals surface area contributed by atoms with E-state index >= 15 is 0 Å². The number of rotatable bonds is 8. The van der Waals surface area contributed by atoms with Gasteiger partial charge in [-0.2, -0.15) is 0 Å². The molecule has 1 heterocycles. The molecular formula is C13H22N2O2S. The molecular weight excluding hydrogens is 248 g/mol. The van der Waals surface area contributed by atoms with Crippen molar-refractivity contribution in [1.82, 2.24) is 4.98 Å². The monoisotopic (exact) mass is 270 g/mol. The van der Waals surface area contributed by atoms with Crippen molar-refractivity contribution >= 4 is 22.4 Å². The van der Waals surface area contributed by atoms with Gasteiger partial charge in [0.2, 0.25) is 0 Å². The van der Waals surface area contributed by atoms with Gasteiger partial charge in [0.1, 0.15) is 0 Å². The number of carboxylic acids is 1. The van der Waals surface area contributed by atoms with Crippen molar-refractivity contribution in [3.8, 4) is 0 Å². The fourth-order valence-electron chi connectivity index (χ4n) is 1.88. The zero-order valence-corrected chi connectivity index (χ0v) is 12.2. The van der Waals surface area contributed by atoms with Crippen LogP contribution in [0.15, 0.2) is 5.38 Å². The van der Waals surface area contributed by atoms with Crippen molar-refractivity contribution in [2.24, 2.45) is 5.92 Å². The second kappa shape index (κ2) is 7.36. The van der Waals surface area contributed by atoms with Crippen LogP contribution in [0.1, 0.15) is 39.3 Å². The average molecular weight is 270 g/mol. The van der Waals surface area contributed by atoms with Crippen molar-refractivity contribution < 1.29 is 9.90 Å². The molecule has 0 amide bonds. The van der Waals surface area contributed by atoms with Crippen molar-refractivity contribution in [3.05, 3.63) is 11.1 Å². The zero-order valence-electron chi connectivity index (χ0n) is 11.3. The Morgan fingerprint density at radius 2 is 2.11 bits per heavy atom. The first-order valence-corrected chi connectivity index (χ1v) is 7.39. The highest BCUT2D eigenvalue weighted by Crippen LogP contribution is 2.23. The van der Waals surface area contributed by atoms with Gasteiger partial charge in [0.15, 0.2) is 5.13 Å². The van der Waals surface area contributed by atoms with Crippen LogP contribution >= 0.6 is 11.3 Å². The van der Waals surface area contributed by atoms with Gasteiger partial charge in [-0.1, -0.05) is 26.7 Å². The summed E-state index contributed by atoms with van der Waals surface area (Å²) in [5, 5.41) is 11.5. The lowest BCUT2D eigenvalue weighted by Gasteiger charge is -2.24. The van der Waals surface area contributed by atoms with Gasteiger partial charge in [0, 0.05) is 18.5 Å². The Morgan fingerprint density at radius 1 is 1.44 bits per heavy atom. The fourth-order valence-corrected chi connectivity index (χ4v) is 2.78. The smallest absolute Gasteiger partial charge is 0.309 e. The largest absolute Gasteiger partial charge is 0.481 e. The average Bonchev–Trinajstić information content (AvgIpc) is 2.78. The molecule has 0 aliphatic heterocycles. The maximum atomic E-state index is 10.6. The summed E-state index contributed by atoms with van der Waals surface area (Å²) in [7, 11) is 0. The van der Waals surface area contributed by atoms with Gasteiger partial charge < -0.3 is 10.0 Å². The van der Waals surface area contributed by atoms with Crippen LogP contribution in [-0.2, 0) is 11.2 Å². The second-order valence-electron chi connectivity index (χ2n) is 4.41. The Kier molecular flexibility index (Phi) is 6.12. The highest BCUT2D eigenvalue weighted by atomic mass is 32.1. The van der Waals surface area contributed by atoms with E-state index in [-0.39, 0.29) is 6.42 Å². The van der Waals surface area contributed by atoms with E-state index < -0.39 is 5.97 Å². The maximum absolute atomic E-state index is 10.6. The third-order valence-electron chi connectivity index (χ3n) is 3.16. The van der Waals surface area contributed by atoms with Gasteiger partial charge in [0.25, 0.3) is 0 Å². The lowest BCUT2D eigenvalue weighted by molar-refractivity contribution is -0.136. The fraction of sp³-hybridized carbons (Fsp3) is 0.692. The van der Waals surface area contributed by atoms with E-state index in [9.17, 15) is 4.79 Å². The second-order valence-corrected chi connectivity index (χ2v) is 5.25. The van der Waals surface area contributed by atoms with E-state index in [0.29, 0.717) is 11.6 Å². The predicted octanol–water partition coefficient (Wildman–Crippen LogP) is 3.03. The first-order chi connectivity index (χ1) is 8.60. The van der Waals surface area contributed by atoms with Crippen molar-refractivity contribution in [3.63, 3.8) is 0 Å². The van der Waals surface area contributed by atoms with Crippen LogP contribution in [0.3, 0.4) is 0 Å². The number of aromatic nitrogens is 1. The molecule has 102 valence electrons. The summed E-state index contributed by atoms with van der Waals surface area (Å²) in [5.41, 5.74) is 0.658. The quantitative estimate of drug-likeness (QED) is 0.789. The van der Waals surface area contributed by atoms with E-state index in [1.807, 2.05) is 5.38 Å². The summed E-state index contributed by atoms with van der Waals surface area (Å²) in [4.78, 5) is 17.3.